The Hall–Kier alpha value is -1.52. The van der Waals surface area contributed by atoms with E-state index in [9.17, 15) is 4.79 Å². The predicted molar refractivity (Wildman–Crippen MR) is 82.8 cm³/mol. The van der Waals surface area contributed by atoms with Crippen molar-refractivity contribution in [1.82, 2.24) is 14.6 Å². The number of nitrogens with zero attached hydrogens (tertiary/aromatic N) is 2. The summed E-state index contributed by atoms with van der Waals surface area (Å²) in [6, 6.07) is 5.84. The molecule has 3 fully saturated rings. The molecule has 1 N–H and O–H groups in total. The number of aromatic nitrogens is 1. The van der Waals surface area contributed by atoms with Gasteiger partial charge in [0, 0.05) is 30.5 Å². The van der Waals surface area contributed by atoms with Crippen molar-refractivity contribution in [2.24, 2.45) is 5.92 Å². The number of nitrogens with one attached hydrogen (secondary N) is 1. The molecule has 2 aromatic rings. The van der Waals surface area contributed by atoms with Gasteiger partial charge in [-0.2, -0.15) is 0 Å². The average molecular weight is 304 g/mol. The third kappa shape index (κ3) is 2.32. The van der Waals surface area contributed by atoms with Crippen LogP contribution in [0.2, 0.25) is 5.02 Å². The van der Waals surface area contributed by atoms with Crippen LogP contribution in [0.3, 0.4) is 0 Å². The van der Waals surface area contributed by atoms with Crippen LogP contribution in [0.15, 0.2) is 30.6 Å². The lowest BCUT2D eigenvalue weighted by Crippen LogP contribution is -2.57. The molecular formula is C16H18ClN3O. The van der Waals surface area contributed by atoms with Gasteiger partial charge in [0.05, 0.1) is 10.5 Å². The van der Waals surface area contributed by atoms with Crippen LogP contribution in [0.25, 0.3) is 5.52 Å². The first-order valence-electron chi connectivity index (χ1n) is 7.50. The number of hydrogen-bond acceptors (Lipinski definition) is 2. The van der Waals surface area contributed by atoms with E-state index in [-0.39, 0.29) is 5.91 Å². The molecule has 0 unspecified atom stereocenters. The molecule has 0 spiro atoms. The van der Waals surface area contributed by atoms with Crippen LogP contribution in [0.4, 0.5) is 0 Å². The molecule has 3 aliphatic heterocycles. The Labute approximate surface area is 128 Å². The van der Waals surface area contributed by atoms with Gasteiger partial charge in [0.25, 0.3) is 5.91 Å². The van der Waals surface area contributed by atoms with Gasteiger partial charge in [-0.1, -0.05) is 11.6 Å². The van der Waals surface area contributed by atoms with Gasteiger partial charge in [0.1, 0.15) is 0 Å². The van der Waals surface area contributed by atoms with E-state index in [0.29, 0.717) is 22.5 Å². The van der Waals surface area contributed by atoms with Crippen LogP contribution in [-0.2, 0) is 0 Å². The SMILES string of the molecule is O=C(N[C@H]1CN2CCC1CC2)c1ccn2ccc(Cl)c2c1. The standard InChI is InChI=1S/C16H18ClN3O/c17-13-4-8-20-7-3-12(9-15(13)20)16(21)18-14-10-19-5-1-11(14)2-6-19/h3-4,7-9,11,14H,1-2,5-6,10H2,(H,18,21)/t14-/m0/s1. The lowest BCUT2D eigenvalue weighted by Gasteiger charge is -2.44. The van der Waals surface area contributed by atoms with Crippen molar-refractivity contribution in [3.63, 3.8) is 0 Å². The molecule has 1 amide bonds. The minimum Gasteiger partial charge on any atom is -0.348 e. The van der Waals surface area contributed by atoms with Crippen molar-refractivity contribution >= 4 is 23.0 Å². The minimum absolute atomic E-state index is 0.00789. The normalized spacial score (nSPS) is 28.0. The van der Waals surface area contributed by atoms with Crippen LogP contribution in [0.1, 0.15) is 23.2 Å². The van der Waals surface area contributed by atoms with Gasteiger partial charge in [-0.3, -0.25) is 4.79 Å². The number of rotatable bonds is 2. The Kier molecular flexibility index (Phi) is 3.16. The van der Waals surface area contributed by atoms with Gasteiger partial charge >= 0.3 is 0 Å². The quantitative estimate of drug-likeness (QED) is 0.925. The Morgan fingerprint density at radius 1 is 1.24 bits per heavy atom. The van der Waals surface area contributed by atoms with E-state index in [4.69, 9.17) is 11.6 Å². The molecule has 4 nitrogen and oxygen atoms in total. The van der Waals surface area contributed by atoms with Gasteiger partial charge < -0.3 is 14.6 Å². The summed E-state index contributed by atoms with van der Waals surface area (Å²) in [5.74, 6) is 0.646. The third-order valence-corrected chi connectivity index (χ3v) is 5.17. The molecule has 2 aromatic heterocycles. The van der Waals surface area contributed by atoms with Gasteiger partial charge in [0.2, 0.25) is 0 Å². The van der Waals surface area contributed by atoms with Crippen molar-refractivity contribution in [3.8, 4) is 0 Å². The number of amides is 1. The number of hydrogen-bond donors (Lipinski definition) is 1. The molecule has 0 radical (unpaired) electrons. The van der Waals surface area contributed by atoms with E-state index in [1.807, 2.05) is 35.0 Å². The van der Waals surface area contributed by atoms with Crippen molar-refractivity contribution < 1.29 is 4.79 Å². The van der Waals surface area contributed by atoms with Gasteiger partial charge in [-0.25, -0.2) is 0 Å². The summed E-state index contributed by atoms with van der Waals surface area (Å²) in [6.07, 6.45) is 6.18. The summed E-state index contributed by atoms with van der Waals surface area (Å²) >= 11 is 6.13. The van der Waals surface area contributed by atoms with Crippen LogP contribution in [0, 0.1) is 5.92 Å². The predicted octanol–water partition coefficient (Wildman–Crippen LogP) is 2.42. The maximum absolute atomic E-state index is 12.5. The van der Waals surface area contributed by atoms with Crippen LogP contribution in [0.5, 0.6) is 0 Å². The van der Waals surface area contributed by atoms with Crippen molar-refractivity contribution in [3.05, 3.63) is 41.2 Å². The summed E-state index contributed by atoms with van der Waals surface area (Å²) in [7, 11) is 0. The van der Waals surface area contributed by atoms with Crippen LogP contribution in [-0.4, -0.2) is 40.9 Å². The first kappa shape index (κ1) is 13.2. The first-order chi connectivity index (χ1) is 10.2. The molecule has 0 aliphatic carbocycles. The van der Waals surface area contributed by atoms with Crippen molar-refractivity contribution in [2.45, 2.75) is 18.9 Å². The summed E-state index contributed by atoms with van der Waals surface area (Å²) in [4.78, 5) is 14.9. The second-order valence-corrected chi connectivity index (χ2v) is 6.50. The van der Waals surface area contributed by atoms with Crippen LogP contribution >= 0.6 is 11.6 Å². The largest absolute Gasteiger partial charge is 0.348 e. The molecule has 1 atom stereocenters. The zero-order valence-corrected chi connectivity index (χ0v) is 12.5. The Bertz CT molecular complexity index is 688. The van der Waals surface area contributed by atoms with Gasteiger partial charge in [0.15, 0.2) is 0 Å². The topological polar surface area (TPSA) is 36.8 Å². The van der Waals surface area contributed by atoms with Crippen molar-refractivity contribution in [2.75, 3.05) is 19.6 Å². The number of carbonyl (C=O) groups is 1. The van der Waals surface area contributed by atoms with E-state index >= 15 is 0 Å². The molecule has 21 heavy (non-hydrogen) atoms. The summed E-state index contributed by atoms with van der Waals surface area (Å²) in [5.41, 5.74) is 1.55. The van der Waals surface area contributed by atoms with E-state index in [1.165, 1.54) is 25.9 Å². The molecule has 110 valence electrons. The Balaban J connectivity index is 1.54. The highest BCUT2D eigenvalue weighted by Crippen LogP contribution is 2.27. The first-order valence-corrected chi connectivity index (χ1v) is 7.88. The molecule has 5 heteroatoms. The second kappa shape index (κ2) is 5.04. The Morgan fingerprint density at radius 3 is 2.71 bits per heavy atom. The third-order valence-electron chi connectivity index (χ3n) is 4.85. The zero-order valence-electron chi connectivity index (χ0n) is 11.8. The summed E-state index contributed by atoms with van der Waals surface area (Å²) < 4.78 is 1.92. The number of halogens is 1. The number of carbonyl (C=O) groups excluding carboxylic acids is 1. The fourth-order valence-electron chi connectivity index (χ4n) is 3.59. The van der Waals surface area contributed by atoms with E-state index in [0.717, 1.165) is 12.1 Å². The highest BCUT2D eigenvalue weighted by atomic mass is 35.5. The lowest BCUT2D eigenvalue weighted by atomic mass is 9.84. The monoisotopic (exact) mass is 303 g/mol. The molecular weight excluding hydrogens is 286 g/mol. The fraction of sp³-hybridized carbons (Fsp3) is 0.438. The smallest absolute Gasteiger partial charge is 0.251 e. The molecule has 0 saturated carbocycles. The number of pyridine rings is 1. The van der Waals surface area contributed by atoms with E-state index < -0.39 is 0 Å². The highest BCUT2D eigenvalue weighted by molar-refractivity contribution is 6.34. The maximum atomic E-state index is 12.5. The molecule has 3 saturated heterocycles. The number of fused-ring (bicyclic) bond motifs is 4. The molecule has 0 aromatic carbocycles. The average Bonchev–Trinajstić information content (AvgIpc) is 2.89. The Morgan fingerprint density at radius 2 is 2.00 bits per heavy atom. The van der Waals surface area contributed by atoms with Gasteiger partial charge in [-0.15, -0.1) is 0 Å². The van der Waals surface area contributed by atoms with Crippen molar-refractivity contribution in [1.29, 1.82) is 0 Å². The lowest BCUT2D eigenvalue weighted by molar-refractivity contribution is 0.0620. The molecule has 5 heterocycles. The molecule has 5 rings (SSSR count). The van der Waals surface area contributed by atoms with Gasteiger partial charge in [-0.05, 0) is 50.0 Å². The minimum atomic E-state index is 0.00789. The molecule has 3 aliphatic rings. The second-order valence-electron chi connectivity index (χ2n) is 6.09. The summed E-state index contributed by atoms with van der Waals surface area (Å²) in [6.45, 7) is 3.36. The van der Waals surface area contributed by atoms with E-state index in [1.54, 1.807) is 0 Å². The number of piperidine rings is 3. The van der Waals surface area contributed by atoms with Crippen LogP contribution < -0.4 is 5.32 Å². The van der Waals surface area contributed by atoms with E-state index in [2.05, 4.69) is 10.2 Å². The fourth-order valence-corrected chi connectivity index (χ4v) is 3.79. The molecule has 2 bridgehead atoms. The maximum Gasteiger partial charge on any atom is 0.251 e. The summed E-state index contributed by atoms with van der Waals surface area (Å²) in [5, 5.41) is 3.88. The zero-order chi connectivity index (χ0) is 14.4. The highest BCUT2D eigenvalue weighted by Gasteiger charge is 2.34.